The molecule has 0 spiro atoms. The number of benzene rings is 2. The summed E-state index contributed by atoms with van der Waals surface area (Å²) in [7, 11) is 0. The largest absolute Gasteiger partial charge is 0.468 e. The molecule has 0 saturated heterocycles. The third kappa shape index (κ3) is 5.35. The second-order valence-electron chi connectivity index (χ2n) is 10.3. The van der Waals surface area contributed by atoms with E-state index in [1.165, 1.54) is 0 Å². The van der Waals surface area contributed by atoms with E-state index in [9.17, 15) is 4.79 Å². The van der Waals surface area contributed by atoms with Crippen molar-refractivity contribution >= 4 is 22.5 Å². The van der Waals surface area contributed by atoms with Gasteiger partial charge in [-0.25, -0.2) is 4.68 Å². The Hall–Kier alpha value is -3.75. The maximum Gasteiger partial charge on any atom is 0.253 e. The molecule has 2 aromatic carbocycles. The minimum atomic E-state index is -0.565. The Balaban J connectivity index is 1.72. The van der Waals surface area contributed by atoms with Crippen LogP contribution in [0.25, 0.3) is 10.9 Å². The number of hydrogen-bond acceptors (Lipinski definition) is 6. The Labute approximate surface area is 219 Å². The molecule has 0 aliphatic carbocycles. The van der Waals surface area contributed by atoms with E-state index in [4.69, 9.17) is 16.0 Å². The van der Waals surface area contributed by atoms with Crippen molar-refractivity contribution in [2.24, 2.45) is 0 Å². The van der Waals surface area contributed by atoms with Gasteiger partial charge in [0.05, 0.1) is 18.3 Å². The Bertz CT molecular complexity index is 1570. The first-order valence-corrected chi connectivity index (χ1v) is 12.5. The number of hydrogen-bond donors (Lipinski definition) is 1. The van der Waals surface area contributed by atoms with Crippen molar-refractivity contribution in [3.8, 4) is 0 Å². The van der Waals surface area contributed by atoms with E-state index in [1.54, 1.807) is 10.9 Å². The highest BCUT2D eigenvalue weighted by Crippen LogP contribution is 2.32. The molecule has 0 radical (unpaired) electrons. The third-order valence-corrected chi connectivity index (χ3v) is 6.55. The monoisotopic (exact) mass is 516 g/mol. The number of nitrogens with zero attached hydrogens (tertiary/aromatic N) is 5. The molecule has 3 heterocycles. The number of aromatic nitrogens is 5. The van der Waals surface area contributed by atoms with E-state index in [2.05, 4.69) is 25.4 Å². The molecule has 5 aromatic rings. The molecule has 0 aliphatic rings. The topological polar surface area (TPSA) is 92.8 Å². The molecule has 8 nitrogen and oxygen atoms in total. The van der Waals surface area contributed by atoms with E-state index < -0.39 is 11.6 Å². The van der Waals surface area contributed by atoms with Crippen molar-refractivity contribution in [2.75, 3.05) is 0 Å². The maximum atomic E-state index is 13.6. The fourth-order valence-electron chi connectivity index (χ4n) is 4.54. The molecule has 0 aliphatic heterocycles. The van der Waals surface area contributed by atoms with Crippen molar-refractivity contribution in [3.05, 3.63) is 111 Å². The smallest absolute Gasteiger partial charge is 0.253 e. The number of fused-ring (bicyclic) bond motifs is 1. The number of H-pyrrole nitrogens is 1. The van der Waals surface area contributed by atoms with Crippen LogP contribution in [0.15, 0.2) is 76.1 Å². The van der Waals surface area contributed by atoms with Crippen molar-refractivity contribution in [1.29, 1.82) is 0 Å². The first-order chi connectivity index (χ1) is 17.7. The molecule has 0 saturated carbocycles. The van der Waals surface area contributed by atoms with Crippen LogP contribution in [0.2, 0.25) is 5.02 Å². The first-order valence-electron chi connectivity index (χ1n) is 12.1. The van der Waals surface area contributed by atoms with Crippen LogP contribution in [0.4, 0.5) is 0 Å². The van der Waals surface area contributed by atoms with Crippen molar-refractivity contribution < 1.29 is 4.42 Å². The lowest BCUT2D eigenvalue weighted by Crippen LogP contribution is -2.37. The van der Waals surface area contributed by atoms with Crippen LogP contribution in [0.3, 0.4) is 0 Å². The van der Waals surface area contributed by atoms with Crippen LogP contribution in [-0.4, -0.2) is 30.1 Å². The van der Waals surface area contributed by atoms with Crippen LogP contribution >= 0.6 is 11.6 Å². The zero-order valence-corrected chi connectivity index (χ0v) is 22.0. The molecular weight excluding hydrogens is 488 g/mol. The minimum absolute atomic E-state index is 0.188. The van der Waals surface area contributed by atoms with Gasteiger partial charge in [-0.2, -0.15) is 0 Å². The number of tetrazole rings is 1. The molecular formula is C28H29ClN6O2. The molecule has 0 unspecified atom stereocenters. The summed E-state index contributed by atoms with van der Waals surface area (Å²) in [4.78, 5) is 18.9. The molecule has 190 valence electrons. The predicted octanol–water partition coefficient (Wildman–Crippen LogP) is 5.62. The van der Waals surface area contributed by atoms with Gasteiger partial charge in [-0.15, -0.1) is 5.10 Å². The van der Waals surface area contributed by atoms with Gasteiger partial charge in [0.2, 0.25) is 0 Å². The Morgan fingerprint density at radius 1 is 1.08 bits per heavy atom. The number of rotatable bonds is 7. The van der Waals surface area contributed by atoms with Gasteiger partial charge in [-0.1, -0.05) is 35.9 Å². The number of halogens is 1. The van der Waals surface area contributed by atoms with Gasteiger partial charge >= 0.3 is 0 Å². The Morgan fingerprint density at radius 3 is 2.57 bits per heavy atom. The molecule has 0 amide bonds. The average Bonchev–Trinajstić information content (AvgIpc) is 3.53. The van der Waals surface area contributed by atoms with Crippen LogP contribution < -0.4 is 5.56 Å². The number of pyridine rings is 1. The van der Waals surface area contributed by atoms with Crippen molar-refractivity contribution in [1.82, 2.24) is 30.1 Å². The zero-order valence-electron chi connectivity index (χ0n) is 21.3. The summed E-state index contributed by atoms with van der Waals surface area (Å²) in [5.74, 6) is 1.34. The number of furan rings is 1. The van der Waals surface area contributed by atoms with Crippen LogP contribution in [-0.2, 0) is 18.6 Å². The lowest BCUT2D eigenvalue weighted by atomic mass is 10.0. The van der Waals surface area contributed by atoms with Gasteiger partial charge in [0.1, 0.15) is 11.8 Å². The van der Waals surface area contributed by atoms with E-state index in [1.807, 2.05) is 88.4 Å². The standard InChI is InChI=1S/C28H29ClN6O2/c1-18-7-10-20-15-23(27(36)30-24(20)14-18)25(26-31-32-33-35(26)28(2,3)4)34(17-22-6-5-13-37-22)16-19-8-11-21(29)12-9-19/h5-15,25H,16-17H2,1-4H3,(H,30,36)/t25-/m1/s1. The molecule has 3 aromatic heterocycles. The first kappa shape index (κ1) is 24.9. The summed E-state index contributed by atoms with van der Waals surface area (Å²) in [5, 5.41) is 14.4. The summed E-state index contributed by atoms with van der Waals surface area (Å²) < 4.78 is 7.51. The molecule has 1 atom stereocenters. The van der Waals surface area contributed by atoms with E-state index in [0.29, 0.717) is 29.5 Å². The Kier molecular flexibility index (Phi) is 6.70. The highest BCUT2D eigenvalue weighted by Gasteiger charge is 2.34. The SMILES string of the molecule is Cc1ccc2cc([C@H](c3nnnn3C(C)(C)C)N(Cc3ccc(Cl)cc3)Cc3ccco3)c(=O)[nH]c2c1. The Morgan fingerprint density at radius 2 is 1.86 bits per heavy atom. The van der Waals surface area contributed by atoms with E-state index in [0.717, 1.165) is 27.8 Å². The molecule has 5 rings (SSSR count). The molecule has 37 heavy (non-hydrogen) atoms. The maximum absolute atomic E-state index is 13.6. The lowest BCUT2D eigenvalue weighted by molar-refractivity contribution is 0.171. The quantitative estimate of drug-likeness (QED) is 0.302. The lowest BCUT2D eigenvalue weighted by Gasteiger charge is -2.32. The number of nitrogens with one attached hydrogen (secondary N) is 1. The van der Waals surface area contributed by atoms with Gasteiger partial charge < -0.3 is 9.40 Å². The van der Waals surface area contributed by atoms with Gasteiger partial charge in [-0.3, -0.25) is 9.69 Å². The number of aromatic amines is 1. The molecule has 0 bridgehead atoms. The van der Waals surface area contributed by atoms with E-state index >= 15 is 0 Å². The zero-order chi connectivity index (χ0) is 26.2. The normalized spacial score (nSPS) is 12.9. The van der Waals surface area contributed by atoms with Crippen LogP contribution in [0.1, 0.15) is 55.1 Å². The van der Waals surface area contributed by atoms with Gasteiger partial charge in [0.15, 0.2) is 5.82 Å². The van der Waals surface area contributed by atoms with E-state index in [-0.39, 0.29) is 5.56 Å². The summed E-state index contributed by atoms with van der Waals surface area (Å²) in [5.41, 5.74) is 2.85. The van der Waals surface area contributed by atoms with Crippen molar-refractivity contribution in [2.45, 2.75) is 52.4 Å². The van der Waals surface area contributed by atoms with Gasteiger partial charge in [0.25, 0.3) is 5.56 Å². The molecule has 1 N–H and O–H groups in total. The van der Waals surface area contributed by atoms with Crippen LogP contribution in [0, 0.1) is 6.92 Å². The van der Waals surface area contributed by atoms with Gasteiger partial charge in [-0.05, 0) is 91.0 Å². The van der Waals surface area contributed by atoms with Gasteiger partial charge in [0, 0.05) is 22.6 Å². The molecule has 0 fully saturated rings. The highest BCUT2D eigenvalue weighted by atomic mass is 35.5. The summed E-state index contributed by atoms with van der Waals surface area (Å²) in [6.07, 6.45) is 1.65. The summed E-state index contributed by atoms with van der Waals surface area (Å²) >= 11 is 6.16. The number of aryl methyl sites for hydroxylation is 1. The summed E-state index contributed by atoms with van der Waals surface area (Å²) in [6, 6.07) is 18.9. The third-order valence-electron chi connectivity index (χ3n) is 6.30. The van der Waals surface area contributed by atoms with Crippen LogP contribution in [0.5, 0.6) is 0 Å². The highest BCUT2D eigenvalue weighted by molar-refractivity contribution is 6.30. The second kappa shape index (κ2) is 9.95. The molecule has 9 heteroatoms. The second-order valence-corrected chi connectivity index (χ2v) is 10.7. The average molecular weight is 517 g/mol. The minimum Gasteiger partial charge on any atom is -0.468 e. The summed E-state index contributed by atoms with van der Waals surface area (Å²) in [6.45, 7) is 9.05. The van der Waals surface area contributed by atoms with Crippen molar-refractivity contribution in [3.63, 3.8) is 0 Å². The fourth-order valence-corrected chi connectivity index (χ4v) is 4.67. The predicted molar refractivity (Wildman–Crippen MR) is 143 cm³/mol. The fraction of sp³-hybridized carbons (Fsp3) is 0.286.